The van der Waals surface area contributed by atoms with Crippen LogP contribution in [0, 0.1) is 5.92 Å². The van der Waals surface area contributed by atoms with Crippen LogP contribution in [0.5, 0.6) is 0 Å². The highest BCUT2D eigenvalue weighted by Crippen LogP contribution is 2.21. The summed E-state index contributed by atoms with van der Waals surface area (Å²) in [6.45, 7) is 6.80. The Kier molecular flexibility index (Phi) is 12.8. The first kappa shape index (κ1) is 29.3. The largest absolute Gasteiger partial charge is 0.483 e. The highest BCUT2D eigenvalue weighted by molar-refractivity contribution is 5.93. The molecule has 0 bridgehead atoms. The highest BCUT2D eigenvalue weighted by atomic mass is 16.3. The van der Waals surface area contributed by atoms with Crippen molar-refractivity contribution in [2.75, 3.05) is 7.05 Å². The van der Waals surface area contributed by atoms with Gasteiger partial charge in [-0.15, -0.1) is 0 Å². The minimum atomic E-state index is -0.780. The molecule has 0 aliphatic rings. The third kappa shape index (κ3) is 9.58. The topological polar surface area (TPSA) is 137 Å². The maximum atomic E-state index is 13.0. The second-order valence-electron chi connectivity index (χ2n) is 8.34. The van der Waals surface area contributed by atoms with E-state index in [4.69, 9.17) is 9.90 Å². The molecule has 2 aromatic rings. The Bertz CT molecular complexity index is 898. The molecule has 0 fully saturated rings. The molecule has 3 atom stereocenters. The Hall–Kier alpha value is -3.72. The van der Waals surface area contributed by atoms with E-state index in [2.05, 4.69) is 21.3 Å². The Morgan fingerprint density at radius 1 is 0.714 bits per heavy atom. The molecule has 35 heavy (non-hydrogen) atoms. The van der Waals surface area contributed by atoms with Crippen LogP contribution in [0.3, 0.4) is 0 Å². The molecule has 2 aromatic carbocycles. The molecule has 5 N–H and O–H groups in total. The summed E-state index contributed by atoms with van der Waals surface area (Å²) in [5, 5.41) is 18.3. The Labute approximate surface area is 206 Å². The average Bonchev–Trinajstić information content (AvgIpc) is 2.86. The van der Waals surface area contributed by atoms with Crippen LogP contribution in [0.15, 0.2) is 60.7 Å². The van der Waals surface area contributed by atoms with E-state index in [-0.39, 0.29) is 30.2 Å². The number of rotatable bonds is 10. The minimum Gasteiger partial charge on any atom is -0.483 e. The molecule has 0 heterocycles. The number of likely N-dealkylation sites (N-methyl/N-ethyl adjacent to an activating group) is 1. The lowest BCUT2D eigenvalue weighted by Gasteiger charge is -2.26. The van der Waals surface area contributed by atoms with Gasteiger partial charge >= 0.3 is 0 Å². The first-order valence-corrected chi connectivity index (χ1v) is 11.4. The van der Waals surface area contributed by atoms with E-state index in [0.717, 1.165) is 11.1 Å². The van der Waals surface area contributed by atoms with Crippen LogP contribution in [0.25, 0.3) is 0 Å². The Balaban J connectivity index is 0.00000194. The monoisotopic (exact) mass is 484 g/mol. The summed E-state index contributed by atoms with van der Waals surface area (Å²) in [5.74, 6) is -1.12. The molecule has 3 amide bonds. The van der Waals surface area contributed by atoms with Crippen LogP contribution in [0.2, 0.25) is 0 Å². The maximum Gasteiger partial charge on any atom is 0.290 e. The molecule has 0 saturated heterocycles. The number of carbonyl (C=O) groups excluding carboxylic acids is 3. The number of carboxylic acid groups (broad SMARTS) is 1. The first-order valence-electron chi connectivity index (χ1n) is 11.4. The van der Waals surface area contributed by atoms with Gasteiger partial charge in [-0.05, 0) is 37.9 Å². The van der Waals surface area contributed by atoms with Gasteiger partial charge < -0.3 is 26.4 Å². The van der Waals surface area contributed by atoms with E-state index in [0.29, 0.717) is 0 Å². The predicted molar refractivity (Wildman–Crippen MR) is 134 cm³/mol. The molecule has 0 saturated carbocycles. The van der Waals surface area contributed by atoms with E-state index in [1.165, 1.54) is 0 Å². The fraction of sp³-hybridized carbons (Fsp3) is 0.385. The Morgan fingerprint density at radius 2 is 1.14 bits per heavy atom. The third-order valence-corrected chi connectivity index (χ3v) is 5.38. The van der Waals surface area contributed by atoms with E-state index in [1.807, 2.05) is 74.5 Å². The third-order valence-electron chi connectivity index (χ3n) is 5.38. The van der Waals surface area contributed by atoms with Crippen molar-refractivity contribution in [3.05, 3.63) is 71.8 Å². The molecule has 0 radical (unpaired) electrons. The SMILES string of the molecule is CN[C@@H](C)C(=O)N[C@H](C(=O)N[C@@H](C)C(=O)NC(c1ccccc1)c1ccccc1)C(C)C.O=CO. The van der Waals surface area contributed by atoms with Crippen LogP contribution in [0.1, 0.15) is 44.9 Å². The van der Waals surface area contributed by atoms with Gasteiger partial charge in [0.25, 0.3) is 6.47 Å². The quantitative estimate of drug-likeness (QED) is 0.327. The highest BCUT2D eigenvalue weighted by Gasteiger charge is 2.29. The second kappa shape index (κ2) is 15.2. The number of hydrogen-bond donors (Lipinski definition) is 5. The van der Waals surface area contributed by atoms with Crippen molar-refractivity contribution >= 4 is 24.2 Å². The van der Waals surface area contributed by atoms with E-state index < -0.39 is 24.0 Å². The van der Waals surface area contributed by atoms with Crippen molar-refractivity contribution in [2.24, 2.45) is 5.92 Å². The molecule has 0 spiro atoms. The molecule has 190 valence electrons. The van der Waals surface area contributed by atoms with Gasteiger partial charge in [0.1, 0.15) is 12.1 Å². The van der Waals surface area contributed by atoms with Crippen molar-refractivity contribution in [1.82, 2.24) is 21.3 Å². The summed E-state index contributed by atoms with van der Waals surface area (Å²) >= 11 is 0. The minimum absolute atomic E-state index is 0.139. The molecule has 9 nitrogen and oxygen atoms in total. The average molecular weight is 485 g/mol. The van der Waals surface area contributed by atoms with E-state index >= 15 is 0 Å². The molecule has 9 heteroatoms. The van der Waals surface area contributed by atoms with E-state index in [9.17, 15) is 14.4 Å². The van der Waals surface area contributed by atoms with Crippen LogP contribution >= 0.6 is 0 Å². The normalized spacial score (nSPS) is 13.0. The number of hydrogen-bond acceptors (Lipinski definition) is 5. The van der Waals surface area contributed by atoms with Crippen LogP contribution in [-0.2, 0) is 19.2 Å². The summed E-state index contributed by atoms with van der Waals surface area (Å²) in [4.78, 5) is 46.4. The zero-order chi connectivity index (χ0) is 26.4. The molecule has 0 aliphatic heterocycles. The summed E-state index contributed by atoms with van der Waals surface area (Å²) in [6, 6.07) is 17.0. The van der Waals surface area contributed by atoms with Crippen molar-refractivity contribution in [3.8, 4) is 0 Å². The maximum absolute atomic E-state index is 13.0. The van der Waals surface area contributed by atoms with Crippen molar-refractivity contribution in [2.45, 2.75) is 51.9 Å². The van der Waals surface area contributed by atoms with Gasteiger partial charge in [-0.3, -0.25) is 19.2 Å². The molecular formula is C26H36N4O5. The second-order valence-corrected chi connectivity index (χ2v) is 8.34. The summed E-state index contributed by atoms with van der Waals surface area (Å²) in [5.41, 5.74) is 1.89. The first-order chi connectivity index (χ1) is 16.7. The molecular weight excluding hydrogens is 448 g/mol. The molecule has 2 rings (SSSR count). The lowest BCUT2D eigenvalue weighted by atomic mass is 9.98. The molecule has 0 unspecified atom stereocenters. The number of amides is 3. The smallest absolute Gasteiger partial charge is 0.290 e. The van der Waals surface area contributed by atoms with Gasteiger partial charge in [0.05, 0.1) is 12.1 Å². The van der Waals surface area contributed by atoms with Gasteiger partial charge in [0, 0.05) is 0 Å². The fourth-order valence-corrected chi connectivity index (χ4v) is 3.23. The van der Waals surface area contributed by atoms with E-state index in [1.54, 1.807) is 20.9 Å². The summed E-state index contributed by atoms with van der Waals surface area (Å²) in [7, 11) is 1.68. The van der Waals surface area contributed by atoms with Crippen molar-refractivity contribution in [1.29, 1.82) is 0 Å². The summed E-state index contributed by atoms with van der Waals surface area (Å²) < 4.78 is 0. The van der Waals surface area contributed by atoms with Crippen LogP contribution in [-0.4, -0.2) is 54.5 Å². The van der Waals surface area contributed by atoms with Gasteiger partial charge in [-0.1, -0.05) is 74.5 Å². The number of carbonyl (C=O) groups is 4. The summed E-state index contributed by atoms with van der Waals surface area (Å²) in [6.07, 6.45) is 0. The number of nitrogens with one attached hydrogen (secondary N) is 4. The molecule has 0 aromatic heterocycles. The van der Waals surface area contributed by atoms with Crippen LogP contribution in [0.4, 0.5) is 0 Å². The van der Waals surface area contributed by atoms with Gasteiger partial charge in [-0.2, -0.15) is 0 Å². The molecule has 0 aliphatic carbocycles. The van der Waals surface area contributed by atoms with Crippen molar-refractivity contribution < 1.29 is 24.3 Å². The lowest BCUT2D eigenvalue weighted by molar-refractivity contribution is -0.133. The Morgan fingerprint density at radius 3 is 1.54 bits per heavy atom. The van der Waals surface area contributed by atoms with Gasteiger partial charge in [0.2, 0.25) is 17.7 Å². The standard InChI is InChI=1S/C25H34N4O3.CH2O2/c1-16(2)21(28-23(30)17(3)26-5)25(32)27-18(4)24(31)29-22(19-12-8-6-9-13-19)20-14-10-7-11-15-20;2-1-3/h6-18,21-22,26H,1-5H3,(H,27,32)(H,28,30)(H,29,31);1H,(H,2,3)/t17-,18-,21-;/m0./s1. The lowest BCUT2D eigenvalue weighted by Crippen LogP contribution is -2.56. The van der Waals surface area contributed by atoms with Gasteiger partial charge in [0.15, 0.2) is 0 Å². The zero-order valence-corrected chi connectivity index (χ0v) is 20.8. The number of benzene rings is 2. The van der Waals surface area contributed by atoms with Gasteiger partial charge in [-0.25, -0.2) is 0 Å². The zero-order valence-electron chi connectivity index (χ0n) is 20.8. The van der Waals surface area contributed by atoms with Crippen molar-refractivity contribution in [3.63, 3.8) is 0 Å². The van der Waals surface area contributed by atoms with Crippen LogP contribution < -0.4 is 21.3 Å². The fourth-order valence-electron chi connectivity index (χ4n) is 3.23. The predicted octanol–water partition coefficient (Wildman–Crippen LogP) is 1.85.